The SMILES string of the molecule is CCOc1ccccc1Cn1c(=O)c2sccc2n2c(SC)nnc12. The summed E-state index contributed by atoms with van der Waals surface area (Å²) in [5, 5.41) is 11.2. The van der Waals surface area contributed by atoms with E-state index >= 15 is 0 Å². The fourth-order valence-electron chi connectivity index (χ4n) is 2.88. The number of thioether (sulfide) groups is 1. The molecule has 0 spiro atoms. The van der Waals surface area contributed by atoms with Crippen molar-refractivity contribution in [3.63, 3.8) is 0 Å². The van der Waals surface area contributed by atoms with Gasteiger partial charge in [-0.15, -0.1) is 21.5 Å². The van der Waals surface area contributed by atoms with Crippen molar-refractivity contribution in [1.29, 1.82) is 0 Å². The third kappa shape index (κ3) is 2.61. The van der Waals surface area contributed by atoms with E-state index in [1.54, 1.807) is 4.57 Å². The zero-order chi connectivity index (χ0) is 17.4. The van der Waals surface area contributed by atoms with E-state index in [0.29, 0.717) is 23.6 Å². The second kappa shape index (κ2) is 6.53. The van der Waals surface area contributed by atoms with Gasteiger partial charge in [-0.25, -0.2) is 0 Å². The normalized spacial score (nSPS) is 11.4. The van der Waals surface area contributed by atoms with Crippen LogP contribution in [0.1, 0.15) is 12.5 Å². The van der Waals surface area contributed by atoms with Gasteiger partial charge in [0.15, 0.2) is 5.16 Å². The highest BCUT2D eigenvalue weighted by atomic mass is 32.2. The molecule has 0 saturated carbocycles. The largest absolute Gasteiger partial charge is 0.494 e. The number of para-hydroxylation sites is 1. The second-order valence-corrected chi connectivity index (χ2v) is 7.08. The number of thiophene rings is 1. The monoisotopic (exact) mass is 372 g/mol. The number of ether oxygens (including phenoxy) is 1. The highest BCUT2D eigenvalue weighted by molar-refractivity contribution is 7.98. The van der Waals surface area contributed by atoms with Gasteiger partial charge in [-0.1, -0.05) is 30.0 Å². The van der Waals surface area contributed by atoms with Crippen LogP contribution in [0.25, 0.3) is 16.0 Å². The number of rotatable bonds is 5. The van der Waals surface area contributed by atoms with E-state index in [4.69, 9.17) is 4.74 Å². The molecule has 6 nitrogen and oxygen atoms in total. The summed E-state index contributed by atoms with van der Waals surface area (Å²) < 4.78 is 10.0. The van der Waals surface area contributed by atoms with Gasteiger partial charge >= 0.3 is 0 Å². The van der Waals surface area contributed by atoms with E-state index in [0.717, 1.165) is 22.0 Å². The van der Waals surface area contributed by atoms with Crippen molar-refractivity contribution in [2.45, 2.75) is 18.6 Å². The number of benzene rings is 1. The molecular formula is C17H16N4O2S2. The molecule has 0 aliphatic carbocycles. The summed E-state index contributed by atoms with van der Waals surface area (Å²) in [4.78, 5) is 13.0. The standard InChI is InChI=1S/C17H16N4O2S2/c1-3-23-13-7-5-4-6-11(13)10-20-15(22)14-12(8-9-25-14)21-16(20)18-19-17(21)24-2/h4-9H,3,10H2,1-2H3. The molecule has 0 bridgehead atoms. The van der Waals surface area contributed by atoms with E-state index in [1.807, 2.05) is 53.3 Å². The number of fused-ring (bicyclic) bond motifs is 3. The molecule has 0 amide bonds. The molecule has 1 aromatic carbocycles. The van der Waals surface area contributed by atoms with Crippen LogP contribution in [-0.2, 0) is 6.54 Å². The first-order chi connectivity index (χ1) is 12.2. The molecule has 25 heavy (non-hydrogen) atoms. The van der Waals surface area contributed by atoms with Gasteiger partial charge in [0, 0.05) is 5.56 Å². The topological polar surface area (TPSA) is 61.4 Å². The lowest BCUT2D eigenvalue weighted by Gasteiger charge is -2.12. The number of hydrogen-bond acceptors (Lipinski definition) is 6. The molecule has 0 N–H and O–H groups in total. The maximum Gasteiger partial charge on any atom is 0.273 e. The van der Waals surface area contributed by atoms with Gasteiger partial charge in [0.05, 0.1) is 18.7 Å². The lowest BCUT2D eigenvalue weighted by molar-refractivity contribution is 0.336. The van der Waals surface area contributed by atoms with Crippen LogP contribution in [0.5, 0.6) is 5.75 Å². The fourth-order valence-corrected chi connectivity index (χ4v) is 4.18. The summed E-state index contributed by atoms with van der Waals surface area (Å²) in [6, 6.07) is 9.70. The van der Waals surface area contributed by atoms with Crippen molar-refractivity contribution in [1.82, 2.24) is 19.2 Å². The minimum atomic E-state index is -0.0520. The Kier molecular flexibility index (Phi) is 4.22. The van der Waals surface area contributed by atoms with E-state index in [2.05, 4.69) is 10.2 Å². The highest BCUT2D eigenvalue weighted by Gasteiger charge is 2.18. The predicted octanol–water partition coefficient (Wildman–Crippen LogP) is 3.27. The third-order valence-electron chi connectivity index (χ3n) is 3.97. The summed E-state index contributed by atoms with van der Waals surface area (Å²) >= 11 is 2.95. The van der Waals surface area contributed by atoms with Crippen LogP contribution in [-0.4, -0.2) is 32.0 Å². The van der Waals surface area contributed by atoms with Crippen LogP contribution in [0.15, 0.2) is 45.7 Å². The molecule has 0 atom stereocenters. The molecule has 8 heteroatoms. The molecule has 0 aliphatic rings. The van der Waals surface area contributed by atoms with Crippen LogP contribution in [0.4, 0.5) is 0 Å². The van der Waals surface area contributed by atoms with Gasteiger partial charge in [-0.05, 0) is 30.7 Å². The van der Waals surface area contributed by atoms with Crippen molar-refractivity contribution in [2.75, 3.05) is 12.9 Å². The second-order valence-electron chi connectivity index (χ2n) is 5.39. The van der Waals surface area contributed by atoms with Gasteiger partial charge in [0.25, 0.3) is 5.56 Å². The molecule has 4 rings (SSSR count). The number of nitrogens with zero attached hydrogens (tertiary/aromatic N) is 4. The Morgan fingerprint density at radius 3 is 2.88 bits per heavy atom. The summed E-state index contributed by atoms with van der Waals surface area (Å²) in [5.41, 5.74) is 1.75. The Bertz CT molecular complexity index is 1110. The van der Waals surface area contributed by atoms with Crippen molar-refractivity contribution < 1.29 is 4.74 Å². The smallest absolute Gasteiger partial charge is 0.273 e. The van der Waals surface area contributed by atoms with Crippen LogP contribution in [0.2, 0.25) is 0 Å². The minimum absolute atomic E-state index is 0.0520. The van der Waals surface area contributed by atoms with E-state index < -0.39 is 0 Å². The van der Waals surface area contributed by atoms with Crippen molar-refractivity contribution in [3.05, 3.63) is 51.6 Å². The molecule has 0 unspecified atom stereocenters. The van der Waals surface area contributed by atoms with Gasteiger partial charge in [-0.2, -0.15) is 0 Å². The van der Waals surface area contributed by atoms with Gasteiger partial charge in [-0.3, -0.25) is 13.8 Å². The summed E-state index contributed by atoms with van der Waals surface area (Å²) in [7, 11) is 0. The highest BCUT2D eigenvalue weighted by Crippen LogP contribution is 2.25. The summed E-state index contributed by atoms with van der Waals surface area (Å²) in [6.45, 7) is 2.91. The third-order valence-corrected chi connectivity index (χ3v) is 5.49. The summed E-state index contributed by atoms with van der Waals surface area (Å²) in [6.07, 6.45) is 1.95. The lowest BCUT2D eigenvalue weighted by Crippen LogP contribution is -2.23. The summed E-state index contributed by atoms with van der Waals surface area (Å²) in [5.74, 6) is 1.33. The molecule has 128 valence electrons. The number of hydrogen-bond donors (Lipinski definition) is 0. The van der Waals surface area contributed by atoms with Crippen molar-refractivity contribution in [2.24, 2.45) is 0 Å². The van der Waals surface area contributed by atoms with Crippen molar-refractivity contribution >= 4 is 39.1 Å². The van der Waals surface area contributed by atoms with Crippen LogP contribution >= 0.6 is 23.1 Å². The molecule has 4 aromatic rings. The molecule has 0 aliphatic heterocycles. The zero-order valence-corrected chi connectivity index (χ0v) is 15.4. The van der Waals surface area contributed by atoms with Crippen LogP contribution in [0, 0.1) is 0 Å². The zero-order valence-electron chi connectivity index (χ0n) is 13.8. The Morgan fingerprint density at radius 2 is 2.08 bits per heavy atom. The predicted molar refractivity (Wildman–Crippen MR) is 101 cm³/mol. The Hall–Kier alpha value is -2.32. The molecule has 0 fully saturated rings. The molecule has 0 radical (unpaired) electrons. The Labute approximate surface area is 152 Å². The Morgan fingerprint density at radius 1 is 1.24 bits per heavy atom. The van der Waals surface area contributed by atoms with E-state index in [9.17, 15) is 4.79 Å². The molecular weight excluding hydrogens is 356 g/mol. The molecule has 0 saturated heterocycles. The Balaban J connectivity index is 1.97. The van der Waals surface area contributed by atoms with Gasteiger partial charge < -0.3 is 4.74 Å². The average molecular weight is 372 g/mol. The van der Waals surface area contributed by atoms with Gasteiger partial charge in [0.2, 0.25) is 5.78 Å². The van der Waals surface area contributed by atoms with Crippen LogP contribution in [0.3, 0.4) is 0 Å². The van der Waals surface area contributed by atoms with E-state index in [1.165, 1.54) is 23.1 Å². The maximum absolute atomic E-state index is 13.0. The lowest BCUT2D eigenvalue weighted by atomic mass is 10.2. The number of aromatic nitrogens is 4. The minimum Gasteiger partial charge on any atom is -0.494 e. The van der Waals surface area contributed by atoms with Gasteiger partial charge in [0.1, 0.15) is 10.4 Å². The first kappa shape index (κ1) is 16.2. The fraction of sp³-hybridized carbons (Fsp3) is 0.235. The quantitative estimate of drug-likeness (QED) is 0.503. The molecule has 3 aromatic heterocycles. The van der Waals surface area contributed by atoms with Crippen LogP contribution < -0.4 is 10.3 Å². The maximum atomic E-state index is 13.0. The molecule has 3 heterocycles. The first-order valence-corrected chi connectivity index (χ1v) is 9.95. The van der Waals surface area contributed by atoms with E-state index in [-0.39, 0.29) is 5.56 Å². The first-order valence-electron chi connectivity index (χ1n) is 7.84. The average Bonchev–Trinajstić information content (AvgIpc) is 3.26. The van der Waals surface area contributed by atoms with Crippen molar-refractivity contribution in [3.8, 4) is 5.75 Å².